The largest absolute Gasteiger partial charge is 0.463 e. The predicted molar refractivity (Wildman–Crippen MR) is 88.4 cm³/mol. The van der Waals surface area contributed by atoms with E-state index in [0.717, 1.165) is 11.3 Å². The summed E-state index contributed by atoms with van der Waals surface area (Å²) in [7, 11) is 1.26. The minimum Gasteiger partial charge on any atom is -0.463 e. The number of ether oxygens (including phenoxy) is 3. The molecule has 25 heavy (non-hydrogen) atoms. The van der Waals surface area contributed by atoms with Gasteiger partial charge in [-0.1, -0.05) is 17.7 Å². The van der Waals surface area contributed by atoms with Crippen molar-refractivity contribution in [2.75, 3.05) is 25.6 Å². The minimum absolute atomic E-state index is 0.00426. The van der Waals surface area contributed by atoms with Gasteiger partial charge in [-0.15, -0.1) is 5.10 Å². The lowest BCUT2D eigenvalue weighted by Crippen LogP contribution is -2.16. The highest BCUT2D eigenvalue weighted by Gasteiger charge is 2.18. The number of esters is 2. The van der Waals surface area contributed by atoms with Crippen molar-refractivity contribution in [3.8, 4) is 0 Å². The van der Waals surface area contributed by atoms with E-state index in [1.54, 1.807) is 0 Å². The van der Waals surface area contributed by atoms with Gasteiger partial charge >= 0.3 is 11.9 Å². The third kappa shape index (κ3) is 5.57. The molecule has 9 nitrogen and oxygen atoms in total. The first kappa shape index (κ1) is 18.4. The number of aromatic nitrogens is 3. The van der Waals surface area contributed by atoms with E-state index in [9.17, 15) is 9.59 Å². The molecule has 134 valence electrons. The van der Waals surface area contributed by atoms with Crippen LogP contribution in [-0.2, 0) is 25.7 Å². The molecule has 0 aliphatic carbocycles. The van der Waals surface area contributed by atoms with Crippen LogP contribution in [0.2, 0.25) is 0 Å². The monoisotopic (exact) mass is 348 g/mol. The highest BCUT2D eigenvalue weighted by atomic mass is 16.6. The number of anilines is 2. The smallest absolute Gasteiger partial charge is 0.375 e. The molecule has 0 saturated carbocycles. The molecule has 0 aliphatic rings. The molecule has 1 aromatic carbocycles. The Hall–Kier alpha value is -2.94. The molecule has 1 N–H and O–H groups in total. The van der Waals surface area contributed by atoms with Gasteiger partial charge in [-0.05, 0) is 19.1 Å². The zero-order chi connectivity index (χ0) is 18.2. The number of nitrogens with zero attached hydrogens (tertiary/aromatic N) is 3. The zero-order valence-electron chi connectivity index (χ0n) is 14.3. The lowest BCUT2D eigenvalue weighted by Gasteiger charge is -2.06. The molecule has 0 atom stereocenters. The summed E-state index contributed by atoms with van der Waals surface area (Å²) in [6, 6.07) is 7.64. The van der Waals surface area contributed by atoms with E-state index >= 15 is 0 Å². The van der Waals surface area contributed by atoms with E-state index in [1.165, 1.54) is 18.7 Å². The van der Waals surface area contributed by atoms with Crippen molar-refractivity contribution >= 4 is 23.6 Å². The van der Waals surface area contributed by atoms with Crippen LogP contribution in [0.5, 0.6) is 0 Å². The highest BCUT2D eigenvalue weighted by molar-refractivity contribution is 5.85. The fourth-order valence-electron chi connectivity index (χ4n) is 1.89. The Morgan fingerprint density at radius 3 is 2.56 bits per heavy atom. The van der Waals surface area contributed by atoms with Gasteiger partial charge in [0.25, 0.3) is 0 Å². The van der Waals surface area contributed by atoms with Gasteiger partial charge < -0.3 is 19.5 Å². The summed E-state index contributed by atoms with van der Waals surface area (Å²) in [6.07, 6.45) is 0. The summed E-state index contributed by atoms with van der Waals surface area (Å²) in [4.78, 5) is 26.6. The lowest BCUT2D eigenvalue weighted by atomic mass is 10.2. The molecule has 2 aromatic rings. The number of carbonyl (C=O) groups is 2. The van der Waals surface area contributed by atoms with Gasteiger partial charge in [-0.2, -0.15) is 4.98 Å². The molecule has 0 spiro atoms. The number of methoxy groups -OCH3 is 1. The summed E-state index contributed by atoms with van der Waals surface area (Å²) in [5, 5.41) is 7.20. The van der Waals surface area contributed by atoms with Crippen molar-refractivity contribution < 1.29 is 23.8 Å². The second-order valence-corrected chi connectivity index (χ2v) is 5.12. The molecule has 1 heterocycles. The van der Waals surface area contributed by atoms with Crippen molar-refractivity contribution in [3.63, 3.8) is 0 Å². The van der Waals surface area contributed by atoms with E-state index in [1.807, 2.05) is 31.2 Å². The fourth-order valence-corrected chi connectivity index (χ4v) is 1.89. The Labute approximate surface area is 144 Å². The average Bonchev–Trinajstić information content (AvgIpc) is 2.98. The number of hydrogen-bond donors (Lipinski definition) is 1. The van der Waals surface area contributed by atoms with Crippen LogP contribution in [0.3, 0.4) is 0 Å². The Kier molecular flexibility index (Phi) is 6.47. The number of hydrogen-bond acceptors (Lipinski definition) is 8. The van der Waals surface area contributed by atoms with E-state index in [4.69, 9.17) is 14.2 Å². The lowest BCUT2D eigenvalue weighted by molar-refractivity contribution is -0.142. The number of benzene rings is 1. The molecule has 0 amide bonds. The van der Waals surface area contributed by atoms with Crippen LogP contribution in [0.4, 0.5) is 11.6 Å². The van der Waals surface area contributed by atoms with Gasteiger partial charge in [0.2, 0.25) is 11.8 Å². The van der Waals surface area contributed by atoms with Gasteiger partial charge in [-0.3, -0.25) is 4.79 Å². The second kappa shape index (κ2) is 8.78. The van der Waals surface area contributed by atoms with Crippen molar-refractivity contribution in [2.45, 2.75) is 20.6 Å². The van der Waals surface area contributed by atoms with Crippen LogP contribution in [0, 0.1) is 6.92 Å². The topological polar surface area (TPSA) is 105 Å². The maximum absolute atomic E-state index is 11.8. The van der Waals surface area contributed by atoms with Gasteiger partial charge in [-0.25, -0.2) is 9.48 Å². The maximum Gasteiger partial charge on any atom is 0.375 e. The normalized spacial score (nSPS) is 10.4. The van der Waals surface area contributed by atoms with E-state index in [0.29, 0.717) is 0 Å². The van der Waals surface area contributed by atoms with Crippen LogP contribution >= 0.6 is 0 Å². The van der Waals surface area contributed by atoms with Crippen LogP contribution in [0.1, 0.15) is 23.1 Å². The summed E-state index contributed by atoms with van der Waals surface area (Å²) in [5.41, 5.74) is 1.91. The van der Waals surface area contributed by atoms with Crippen LogP contribution in [-0.4, -0.2) is 47.0 Å². The second-order valence-electron chi connectivity index (χ2n) is 5.12. The van der Waals surface area contributed by atoms with Gasteiger partial charge in [0.1, 0.15) is 13.3 Å². The number of rotatable bonds is 8. The minimum atomic E-state index is -0.631. The first-order valence-corrected chi connectivity index (χ1v) is 7.57. The summed E-state index contributed by atoms with van der Waals surface area (Å²) < 4.78 is 16.1. The van der Waals surface area contributed by atoms with Gasteiger partial charge in [0.15, 0.2) is 0 Å². The van der Waals surface area contributed by atoms with Crippen LogP contribution in [0.15, 0.2) is 24.3 Å². The van der Waals surface area contributed by atoms with Gasteiger partial charge in [0.05, 0.1) is 13.7 Å². The average molecular weight is 348 g/mol. The molecule has 1 aromatic heterocycles. The standard InChI is InChI=1S/C16H20N4O5/c1-11-4-6-13(7-5-11)17-16-18-14(15(22)23-3)20(19-16)10-24-8-9-25-12(2)21/h4-7H,8-10H2,1-3H3,(H,17,19). The van der Waals surface area contributed by atoms with Crippen LogP contribution < -0.4 is 5.32 Å². The highest BCUT2D eigenvalue weighted by Crippen LogP contribution is 2.15. The van der Waals surface area contributed by atoms with E-state index in [-0.39, 0.29) is 37.7 Å². The third-order valence-electron chi connectivity index (χ3n) is 3.09. The molecule has 0 bridgehead atoms. The zero-order valence-corrected chi connectivity index (χ0v) is 14.3. The molecule has 0 saturated heterocycles. The van der Waals surface area contributed by atoms with E-state index < -0.39 is 5.97 Å². The predicted octanol–water partition coefficient (Wildman–Crippen LogP) is 1.65. The first-order valence-electron chi connectivity index (χ1n) is 7.57. The Morgan fingerprint density at radius 1 is 1.20 bits per heavy atom. The van der Waals surface area contributed by atoms with Crippen molar-refractivity contribution in [1.29, 1.82) is 0 Å². The summed E-state index contributed by atoms with van der Waals surface area (Å²) in [5.74, 6) is -0.769. The molecule has 9 heteroatoms. The molecule has 2 rings (SSSR count). The maximum atomic E-state index is 11.8. The fraction of sp³-hybridized carbons (Fsp3) is 0.375. The number of carbonyl (C=O) groups excluding carboxylic acids is 2. The summed E-state index contributed by atoms with van der Waals surface area (Å²) >= 11 is 0. The molecular formula is C16H20N4O5. The Bertz CT molecular complexity index is 727. The Morgan fingerprint density at radius 2 is 1.92 bits per heavy atom. The number of aryl methyl sites for hydroxylation is 1. The molecule has 0 unspecified atom stereocenters. The first-order chi connectivity index (χ1) is 12.0. The van der Waals surface area contributed by atoms with Gasteiger partial charge in [0, 0.05) is 12.6 Å². The Balaban J connectivity index is 2.03. The SMILES string of the molecule is COC(=O)c1nc(Nc2ccc(C)cc2)nn1COCCOC(C)=O. The van der Waals surface area contributed by atoms with Crippen LogP contribution in [0.25, 0.3) is 0 Å². The quantitative estimate of drug-likeness (QED) is 0.567. The molecule has 0 radical (unpaired) electrons. The number of nitrogens with one attached hydrogen (secondary N) is 1. The molecular weight excluding hydrogens is 328 g/mol. The van der Waals surface area contributed by atoms with Crippen molar-refractivity contribution in [1.82, 2.24) is 14.8 Å². The molecule has 0 fully saturated rings. The molecule has 0 aliphatic heterocycles. The third-order valence-corrected chi connectivity index (χ3v) is 3.09. The van der Waals surface area contributed by atoms with Crippen molar-refractivity contribution in [2.24, 2.45) is 0 Å². The van der Waals surface area contributed by atoms with E-state index in [2.05, 4.69) is 15.4 Å². The summed E-state index contributed by atoms with van der Waals surface area (Å²) in [6.45, 7) is 3.55. The van der Waals surface area contributed by atoms with Crippen molar-refractivity contribution in [3.05, 3.63) is 35.7 Å².